The van der Waals surface area contributed by atoms with Crippen molar-refractivity contribution in [3.05, 3.63) is 35.1 Å². The molecule has 0 aromatic heterocycles. The fraction of sp³-hybridized carbons (Fsp3) is 0.385. The summed E-state index contributed by atoms with van der Waals surface area (Å²) in [5, 5.41) is 0.793. The number of para-hydroxylation sites is 2. The molecule has 1 fully saturated rings. The van der Waals surface area contributed by atoms with Gasteiger partial charge in [-0.05, 0) is 24.9 Å². The van der Waals surface area contributed by atoms with Crippen molar-refractivity contribution in [1.82, 2.24) is 0 Å². The fourth-order valence-electron chi connectivity index (χ4n) is 3.97. The highest BCUT2D eigenvalue weighted by atomic mass is 15.4. The van der Waals surface area contributed by atoms with E-state index in [4.69, 9.17) is 38.7 Å². The monoisotopic (exact) mass is 298 g/mol. The van der Waals surface area contributed by atoms with Gasteiger partial charge in [-0.15, -0.1) is 5.47 Å². The van der Waals surface area contributed by atoms with Gasteiger partial charge in [0.05, 0.1) is 30.5 Å². The third-order valence-corrected chi connectivity index (χ3v) is 5.44. The average Bonchev–Trinajstić information content (AvgIpc) is 3.09. The first-order chi connectivity index (χ1) is 11.3. The molecule has 2 atom stereocenters. The Morgan fingerprint density at radius 1 is 1.04 bits per heavy atom. The summed E-state index contributed by atoms with van der Waals surface area (Å²) in [7, 11) is 31.9. The molecule has 0 spiro atoms. The van der Waals surface area contributed by atoms with E-state index in [9.17, 15) is 0 Å². The van der Waals surface area contributed by atoms with Crippen LogP contribution in [0, 0.1) is 0 Å². The lowest BCUT2D eigenvalue weighted by atomic mass is 8.81. The fourth-order valence-corrected chi connectivity index (χ4v) is 3.97. The van der Waals surface area contributed by atoms with Gasteiger partial charge in [0.1, 0.15) is 0 Å². The summed E-state index contributed by atoms with van der Waals surface area (Å²) >= 11 is 0. The highest BCUT2D eigenvalue weighted by molar-refractivity contribution is 7.70. The predicted molar refractivity (Wildman–Crippen MR) is 115 cm³/mol. The minimum absolute atomic E-state index is 0.223. The molecule has 1 aromatic carbocycles. The van der Waals surface area contributed by atoms with E-state index in [0.717, 1.165) is 5.37 Å². The smallest absolute Gasteiger partial charge is 0.290 e. The largest absolute Gasteiger partial charge is 0.390 e. The molecule has 0 unspecified atom stereocenters. The number of benzene rings is 1. The molecule has 104 valence electrons. The van der Waals surface area contributed by atoms with E-state index >= 15 is 0 Å². The molecule has 2 aliphatic rings. The second-order valence-electron chi connectivity index (χ2n) is 6.91. The van der Waals surface area contributed by atoms with Gasteiger partial charge in [-0.2, -0.15) is 5.37 Å². The Labute approximate surface area is 154 Å². The Balaban J connectivity index is 2.01. The molecule has 0 amide bonds. The predicted octanol–water partition coefficient (Wildman–Crippen LogP) is -0.513. The summed E-state index contributed by atoms with van der Waals surface area (Å²) in [4.78, 5) is 4.68. The zero-order valence-corrected chi connectivity index (χ0v) is 14.6. The molecule has 2 aliphatic heterocycles. The molecule has 24 heavy (non-hydrogen) atoms. The second-order valence-corrected chi connectivity index (χ2v) is 6.91. The summed E-state index contributed by atoms with van der Waals surface area (Å²) in [5.41, 5.74) is 3.62. The number of rotatable bonds is 4. The van der Waals surface area contributed by atoms with Crippen LogP contribution in [-0.4, -0.2) is 78.1 Å². The van der Waals surface area contributed by atoms with Gasteiger partial charge >= 0.3 is 0 Å². The van der Waals surface area contributed by atoms with E-state index in [2.05, 4.69) is 54.9 Å². The third kappa shape index (κ3) is 2.72. The summed E-state index contributed by atoms with van der Waals surface area (Å²) < 4.78 is 0. The third-order valence-electron chi connectivity index (χ3n) is 5.44. The van der Waals surface area contributed by atoms with Crippen molar-refractivity contribution in [3.8, 4) is 0 Å². The van der Waals surface area contributed by atoms with Gasteiger partial charge in [0, 0.05) is 52.1 Å². The van der Waals surface area contributed by atoms with Crippen molar-refractivity contribution >= 4 is 76.3 Å². The highest BCUT2D eigenvalue weighted by Crippen LogP contribution is 2.52. The maximum Gasteiger partial charge on any atom is 0.290 e. The highest BCUT2D eigenvalue weighted by Gasteiger charge is 2.55. The van der Waals surface area contributed by atoms with E-state index in [0.29, 0.717) is 5.82 Å². The molecule has 3 rings (SSSR count). The van der Waals surface area contributed by atoms with Crippen molar-refractivity contribution in [1.29, 1.82) is 0 Å². The van der Waals surface area contributed by atoms with E-state index in [1.54, 1.807) is 0 Å². The summed E-state index contributed by atoms with van der Waals surface area (Å²) in [5.74, 6) is 0.321. The molecule has 0 bridgehead atoms. The van der Waals surface area contributed by atoms with Gasteiger partial charge in [-0.1, -0.05) is 19.1 Å². The van der Waals surface area contributed by atoms with Crippen LogP contribution in [-0.2, 0) is 0 Å². The molecule has 11 heteroatoms. The van der Waals surface area contributed by atoms with Crippen LogP contribution in [0.15, 0.2) is 35.1 Å². The van der Waals surface area contributed by atoms with Gasteiger partial charge in [0.2, 0.25) is 0 Å². The zero-order chi connectivity index (χ0) is 17.8. The first-order valence-corrected chi connectivity index (χ1v) is 8.39. The van der Waals surface area contributed by atoms with Crippen molar-refractivity contribution in [2.24, 2.45) is 0 Å². The normalized spacial score (nSPS) is 23.9. The molecule has 2 nitrogen and oxygen atoms in total. The van der Waals surface area contributed by atoms with Crippen LogP contribution in [0.4, 0.5) is 11.4 Å². The molecule has 0 aliphatic carbocycles. The van der Waals surface area contributed by atoms with E-state index in [1.807, 2.05) is 0 Å². The van der Waals surface area contributed by atoms with Crippen LogP contribution in [0.5, 0.6) is 0 Å². The number of anilines is 2. The zero-order valence-electron chi connectivity index (χ0n) is 14.6. The maximum atomic E-state index is 6.19. The summed E-state index contributed by atoms with van der Waals surface area (Å²) in [6.07, 6.45) is -0.438. The van der Waals surface area contributed by atoms with Gasteiger partial charge in [-0.25, -0.2) is 0 Å². The molecular weight excluding hydrogens is 281 g/mol. The Bertz CT molecular complexity index is 665. The lowest BCUT2D eigenvalue weighted by Crippen LogP contribution is -2.47. The lowest BCUT2D eigenvalue weighted by molar-refractivity contribution is 0.755. The Morgan fingerprint density at radius 3 is 2.17 bits per heavy atom. The lowest BCUT2D eigenvalue weighted by Gasteiger charge is -2.28. The van der Waals surface area contributed by atoms with Crippen molar-refractivity contribution in [3.63, 3.8) is 0 Å². The topological polar surface area (TPSA) is 6.48 Å². The Hall–Kier alpha value is -0.856. The number of allylic oxidation sites excluding steroid dienone is 1. The molecule has 1 saturated heterocycles. The molecule has 0 N–H and O–H groups in total. The maximum absolute atomic E-state index is 6.19. The van der Waals surface area contributed by atoms with E-state index in [1.165, 1.54) is 16.8 Å². The Morgan fingerprint density at radius 2 is 1.62 bits per heavy atom. The second kappa shape index (κ2) is 6.46. The van der Waals surface area contributed by atoms with Crippen LogP contribution >= 0.6 is 0 Å². The Kier molecular flexibility index (Phi) is 4.83. The van der Waals surface area contributed by atoms with Crippen LogP contribution in [0.25, 0.3) is 0 Å². The molecular formula is C13H15B9N2. The quantitative estimate of drug-likeness (QED) is 0.691. The van der Waals surface area contributed by atoms with Crippen LogP contribution in [0.3, 0.4) is 0 Å². The minimum Gasteiger partial charge on any atom is -0.390 e. The van der Waals surface area contributed by atoms with Gasteiger partial charge in [0.15, 0.2) is 0 Å². The van der Waals surface area contributed by atoms with Crippen molar-refractivity contribution in [2.45, 2.75) is 25.8 Å². The van der Waals surface area contributed by atoms with Crippen LogP contribution < -0.4 is 9.71 Å². The van der Waals surface area contributed by atoms with Gasteiger partial charge in [-0.3, -0.25) is 0 Å². The van der Waals surface area contributed by atoms with E-state index < -0.39 is 19.4 Å². The SMILES string of the molecule is [B]B([B])B([B])/C(B([B])[B])=C1/B(N2c3ccccc3N(C)[C@@H]2C)[C@@H]1C. The molecule has 10 radical (unpaired) electrons. The van der Waals surface area contributed by atoms with Crippen LogP contribution in [0.1, 0.15) is 13.8 Å². The first kappa shape index (κ1) is 18.0. The van der Waals surface area contributed by atoms with Crippen LogP contribution in [0.2, 0.25) is 5.82 Å². The number of hydrogen-bond donors (Lipinski definition) is 0. The minimum atomic E-state index is -0.679. The van der Waals surface area contributed by atoms with Crippen molar-refractivity contribution in [2.75, 3.05) is 16.8 Å². The van der Waals surface area contributed by atoms with E-state index in [-0.39, 0.29) is 13.0 Å². The molecule has 1 aromatic rings. The first-order valence-electron chi connectivity index (χ1n) is 8.39. The summed E-state index contributed by atoms with van der Waals surface area (Å²) in [6.45, 7) is 3.41. The summed E-state index contributed by atoms with van der Waals surface area (Å²) in [6, 6.07) is 8.41. The molecule has 0 saturated carbocycles. The number of fused-ring (bicyclic) bond motifs is 1. The van der Waals surface area contributed by atoms with Gasteiger partial charge in [0.25, 0.3) is 6.85 Å². The number of nitrogens with zero attached hydrogens (tertiary/aromatic N) is 2. The van der Waals surface area contributed by atoms with Gasteiger partial charge < -0.3 is 9.71 Å². The van der Waals surface area contributed by atoms with Crippen molar-refractivity contribution < 1.29 is 0 Å². The number of hydrogen-bond acceptors (Lipinski definition) is 2. The molecule has 2 heterocycles. The standard InChI is InChI=1S/C13H15B9N2/c1-8-12(13(20(14)15)21(16)22(17)18)19(8)24-9(2)23(3)10-6-4-5-7-11(10)24/h4-9H,1-3H3/b13-12+/t8-,9+/m1/s1. The average molecular weight is 297 g/mol.